The fraction of sp³-hybridized carbons (Fsp3) is 1.00. The van der Waals surface area contributed by atoms with Crippen LogP contribution in [0.5, 0.6) is 0 Å². The summed E-state index contributed by atoms with van der Waals surface area (Å²) in [6.45, 7) is 14.6. The molecule has 0 saturated heterocycles. The lowest BCUT2D eigenvalue weighted by molar-refractivity contribution is 0.0622. The Kier molecular flexibility index (Phi) is 6.51. The minimum Gasteiger partial charge on any atom is -0.304 e. The summed E-state index contributed by atoms with van der Waals surface area (Å²) in [5.74, 6) is 0.981. The van der Waals surface area contributed by atoms with E-state index in [4.69, 9.17) is 0 Å². The van der Waals surface area contributed by atoms with E-state index >= 15 is 0 Å². The molecule has 0 radical (unpaired) electrons. The summed E-state index contributed by atoms with van der Waals surface area (Å²) in [5.41, 5.74) is 0.669. The van der Waals surface area contributed by atoms with Crippen molar-refractivity contribution in [2.75, 3.05) is 13.6 Å². The SMILES string of the molecule is CC.CC1CC(C)(CCN(C)C(C)C)C1. The van der Waals surface area contributed by atoms with Crippen molar-refractivity contribution < 1.29 is 0 Å². The summed E-state index contributed by atoms with van der Waals surface area (Å²) < 4.78 is 0. The maximum atomic E-state index is 2.45. The van der Waals surface area contributed by atoms with Gasteiger partial charge >= 0.3 is 0 Å². The smallest absolute Gasteiger partial charge is 0.00355 e. The van der Waals surface area contributed by atoms with Crippen LogP contribution in [0.1, 0.15) is 60.8 Å². The van der Waals surface area contributed by atoms with E-state index in [9.17, 15) is 0 Å². The van der Waals surface area contributed by atoms with E-state index in [2.05, 4.69) is 39.6 Å². The Morgan fingerprint density at radius 2 is 1.73 bits per heavy atom. The predicted molar refractivity (Wildman–Crippen MR) is 70.2 cm³/mol. The molecule has 92 valence electrons. The lowest BCUT2D eigenvalue weighted by Gasteiger charge is -2.45. The Hall–Kier alpha value is -0.0400. The molecule has 1 heteroatoms. The standard InChI is InChI=1S/C12H25N.C2H6/c1-10(2)13(5)7-6-12(4)8-11(3)9-12;1-2/h10-11H,6-9H2,1-5H3;1-2H3. The normalized spacial score (nSPS) is 29.8. The summed E-state index contributed by atoms with van der Waals surface area (Å²) >= 11 is 0. The Balaban J connectivity index is 0.000000921. The molecule has 0 spiro atoms. The molecule has 0 aliphatic heterocycles. The topological polar surface area (TPSA) is 3.24 Å². The van der Waals surface area contributed by atoms with Crippen LogP contribution in [0.2, 0.25) is 0 Å². The van der Waals surface area contributed by atoms with Crippen molar-refractivity contribution in [3.63, 3.8) is 0 Å². The average molecular weight is 213 g/mol. The van der Waals surface area contributed by atoms with Gasteiger partial charge in [-0.3, -0.25) is 0 Å². The van der Waals surface area contributed by atoms with Gasteiger partial charge in [0, 0.05) is 6.04 Å². The molecule has 0 atom stereocenters. The Morgan fingerprint density at radius 3 is 2.07 bits per heavy atom. The van der Waals surface area contributed by atoms with Gasteiger partial charge in [-0.2, -0.15) is 0 Å². The molecule has 0 heterocycles. The molecule has 1 aliphatic rings. The highest BCUT2D eigenvalue weighted by Gasteiger charge is 2.37. The maximum absolute atomic E-state index is 2.45. The zero-order valence-corrected chi connectivity index (χ0v) is 11.9. The summed E-state index contributed by atoms with van der Waals surface area (Å²) in [6.07, 6.45) is 4.27. The second kappa shape index (κ2) is 6.52. The van der Waals surface area contributed by atoms with Gasteiger partial charge < -0.3 is 4.90 Å². The first-order valence-electron chi connectivity index (χ1n) is 6.63. The van der Waals surface area contributed by atoms with Crippen molar-refractivity contribution in [1.29, 1.82) is 0 Å². The predicted octanol–water partition coefficient (Wildman–Crippen LogP) is 4.18. The highest BCUT2D eigenvalue weighted by molar-refractivity contribution is 4.88. The van der Waals surface area contributed by atoms with Gasteiger partial charge in [0.1, 0.15) is 0 Å². The second-order valence-electron chi connectivity index (χ2n) is 5.65. The molecule has 1 rings (SSSR count). The van der Waals surface area contributed by atoms with Crippen LogP contribution in [0.25, 0.3) is 0 Å². The number of nitrogens with zero attached hydrogens (tertiary/aromatic N) is 1. The fourth-order valence-electron chi connectivity index (χ4n) is 2.53. The zero-order chi connectivity index (χ0) is 12.1. The van der Waals surface area contributed by atoms with Gasteiger partial charge in [-0.05, 0) is 58.0 Å². The van der Waals surface area contributed by atoms with Crippen LogP contribution in [-0.4, -0.2) is 24.5 Å². The number of rotatable bonds is 4. The molecule has 0 unspecified atom stereocenters. The van der Waals surface area contributed by atoms with Gasteiger partial charge in [-0.15, -0.1) is 0 Å². The molecular formula is C14H31N. The van der Waals surface area contributed by atoms with E-state index in [1.165, 1.54) is 25.8 Å². The molecule has 0 aromatic carbocycles. The summed E-state index contributed by atoms with van der Waals surface area (Å²) in [5, 5.41) is 0. The highest BCUT2D eigenvalue weighted by atomic mass is 15.1. The van der Waals surface area contributed by atoms with E-state index in [1.54, 1.807) is 0 Å². The molecule has 0 aromatic rings. The van der Waals surface area contributed by atoms with E-state index < -0.39 is 0 Å². The first-order chi connectivity index (χ1) is 6.93. The van der Waals surface area contributed by atoms with Crippen LogP contribution in [-0.2, 0) is 0 Å². The van der Waals surface area contributed by atoms with Gasteiger partial charge in [0.05, 0.1) is 0 Å². The zero-order valence-electron chi connectivity index (χ0n) is 11.9. The average Bonchev–Trinajstić information content (AvgIpc) is 2.15. The summed E-state index contributed by atoms with van der Waals surface area (Å²) in [7, 11) is 2.23. The van der Waals surface area contributed by atoms with Crippen LogP contribution < -0.4 is 0 Å². The van der Waals surface area contributed by atoms with Gasteiger partial charge in [-0.25, -0.2) is 0 Å². The minimum atomic E-state index is 0.669. The van der Waals surface area contributed by atoms with Gasteiger partial charge in [0.2, 0.25) is 0 Å². The first-order valence-corrected chi connectivity index (χ1v) is 6.63. The van der Waals surface area contributed by atoms with Gasteiger partial charge in [0.15, 0.2) is 0 Å². The van der Waals surface area contributed by atoms with Crippen molar-refractivity contribution in [2.45, 2.75) is 66.8 Å². The van der Waals surface area contributed by atoms with Crippen molar-refractivity contribution in [1.82, 2.24) is 4.90 Å². The third-order valence-electron chi connectivity index (χ3n) is 3.63. The first kappa shape index (κ1) is 15.0. The van der Waals surface area contributed by atoms with E-state index in [-0.39, 0.29) is 0 Å². The molecular weight excluding hydrogens is 182 g/mol. The fourth-order valence-corrected chi connectivity index (χ4v) is 2.53. The van der Waals surface area contributed by atoms with Crippen molar-refractivity contribution in [3.8, 4) is 0 Å². The van der Waals surface area contributed by atoms with Crippen molar-refractivity contribution in [2.24, 2.45) is 11.3 Å². The molecule has 1 aliphatic carbocycles. The third kappa shape index (κ3) is 5.01. The Bertz CT molecular complexity index is 157. The molecule has 1 fully saturated rings. The van der Waals surface area contributed by atoms with Crippen LogP contribution >= 0.6 is 0 Å². The van der Waals surface area contributed by atoms with Crippen LogP contribution in [0, 0.1) is 11.3 Å². The van der Waals surface area contributed by atoms with Crippen LogP contribution in [0.15, 0.2) is 0 Å². The van der Waals surface area contributed by atoms with Crippen molar-refractivity contribution in [3.05, 3.63) is 0 Å². The lowest BCUT2D eigenvalue weighted by Crippen LogP contribution is -2.37. The Labute approximate surface area is 97.2 Å². The van der Waals surface area contributed by atoms with E-state index in [0.29, 0.717) is 11.5 Å². The minimum absolute atomic E-state index is 0.669. The highest BCUT2D eigenvalue weighted by Crippen LogP contribution is 2.47. The maximum Gasteiger partial charge on any atom is 0.00355 e. The van der Waals surface area contributed by atoms with Gasteiger partial charge in [0.25, 0.3) is 0 Å². The molecule has 0 amide bonds. The lowest BCUT2D eigenvalue weighted by atomic mass is 9.62. The quantitative estimate of drug-likeness (QED) is 0.677. The second-order valence-corrected chi connectivity index (χ2v) is 5.65. The van der Waals surface area contributed by atoms with Crippen molar-refractivity contribution >= 4 is 0 Å². The summed E-state index contributed by atoms with van der Waals surface area (Å²) in [6, 6.07) is 0.695. The monoisotopic (exact) mass is 213 g/mol. The van der Waals surface area contributed by atoms with Gasteiger partial charge in [-0.1, -0.05) is 27.7 Å². The molecule has 15 heavy (non-hydrogen) atoms. The molecule has 1 saturated carbocycles. The molecule has 0 aromatic heterocycles. The molecule has 0 N–H and O–H groups in total. The summed E-state index contributed by atoms with van der Waals surface area (Å²) in [4.78, 5) is 2.45. The Morgan fingerprint density at radius 1 is 1.27 bits per heavy atom. The van der Waals surface area contributed by atoms with Crippen LogP contribution in [0.3, 0.4) is 0 Å². The van der Waals surface area contributed by atoms with E-state index in [0.717, 1.165) is 5.92 Å². The number of hydrogen-bond acceptors (Lipinski definition) is 1. The largest absolute Gasteiger partial charge is 0.304 e. The molecule has 1 nitrogen and oxygen atoms in total. The number of hydrogen-bond donors (Lipinski definition) is 0. The van der Waals surface area contributed by atoms with Crippen LogP contribution in [0.4, 0.5) is 0 Å². The molecule has 0 bridgehead atoms. The van der Waals surface area contributed by atoms with E-state index in [1.807, 2.05) is 13.8 Å². The third-order valence-corrected chi connectivity index (χ3v) is 3.63.